The van der Waals surface area contributed by atoms with Gasteiger partial charge < -0.3 is 14.8 Å². The molecule has 4 nitrogen and oxygen atoms in total. The van der Waals surface area contributed by atoms with Crippen LogP contribution in [0.2, 0.25) is 0 Å². The number of hydrogen-bond acceptors (Lipinski definition) is 3. The van der Waals surface area contributed by atoms with Gasteiger partial charge in [0.2, 0.25) is 5.91 Å². The summed E-state index contributed by atoms with van der Waals surface area (Å²) < 4.78 is 10.4. The zero-order valence-electron chi connectivity index (χ0n) is 16.2. The average molecular weight is 375 g/mol. The zero-order chi connectivity index (χ0) is 19.8. The Bertz CT molecular complexity index is 874. The molecule has 0 radical (unpaired) electrons. The minimum Gasteiger partial charge on any atom is -0.497 e. The number of rotatable bonds is 8. The number of benzene rings is 3. The highest BCUT2D eigenvalue weighted by Gasteiger charge is 2.17. The van der Waals surface area contributed by atoms with Gasteiger partial charge in [0.05, 0.1) is 20.3 Å². The van der Waals surface area contributed by atoms with Crippen molar-refractivity contribution in [1.29, 1.82) is 0 Å². The largest absolute Gasteiger partial charge is 0.497 e. The third-order valence-corrected chi connectivity index (χ3v) is 4.69. The molecule has 3 rings (SSSR count). The Morgan fingerprint density at radius 1 is 0.786 bits per heavy atom. The summed E-state index contributed by atoms with van der Waals surface area (Å²) in [6.45, 7) is 0. The number of aryl methyl sites for hydroxylation is 1. The lowest BCUT2D eigenvalue weighted by Gasteiger charge is -2.20. The van der Waals surface area contributed by atoms with Gasteiger partial charge in [-0.3, -0.25) is 4.79 Å². The van der Waals surface area contributed by atoms with Crippen LogP contribution in [0.3, 0.4) is 0 Å². The lowest BCUT2D eigenvalue weighted by atomic mass is 9.98. The molecule has 0 fully saturated rings. The van der Waals surface area contributed by atoms with Crippen LogP contribution in [0.25, 0.3) is 0 Å². The molecule has 0 aliphatic rings. The molecule has 0 bridgehead atoms. The molecule has 0 aliphatic heterocycles. The van der Waals surface area contributed by atoms with Crippen molar-refractivity contribution in [3.05, 3.63) is 95.6 Å². The van der Waals surface area contributed by atoms with E-state index in [1.807, 2.05) is 78.9 Å². The predicted octanol–water partition coefficient (Wildman–Crippen LogP) is 4.54. The van der Waals surface area contributed by atoms with Gasteiger partial charge in [-0.15, -0.1) is 0 Å². The molecule has 0 aliphatic carbocycles. The normalized spacial score (nSPS) is 11.5. The van der Waals surface area contributed by atoms with Crippen molar-refractivity contribution in [2.24, 2.45) is 0 Å². The quantitative estimate of drug-likeness (QED) is 0.629. The van der Waals surface area contributed by atoms with E-state index >= 15 is 0 Å². The Morgan fingerprint density at radius 3 is 1.89 bits per heavy atom. The van der Waals surface area contributed by atoms with Crippen molar-refractivity contribution in [3.63, 3.8) is 0 Å². The summed E-state index contributed by atoms with van der Waals surface area (Å²) >= 11 is 0. The molecule has 3 aromatic rings. The Hall–Kier alpha value is -3.27. The maximum absolute atomic E-state index is 12.7. The van der Waals surface area contributed by atoms with Gasteiger partial charge >= 0.3 is 0 Å². The molecule has 0 aromatic heterocycles. The molecule has 0 spiro atoms. The molecule has 0 heterocycles. The number of nitrogens with one attached hydrogen (secondary N) is 1. The van der Waals surface area contributed by atoms with E-state index < -0.39 is 0 Å². The molecular formula is C24H25NO3. The van der Waals surface area contributed by atoms with Gasteiger partial charge in [0.25, 0.3) is 0 Å². The van der Waals surface area contributed by atoms with Gasteiger partial charge in [-0.2, -0.15) is 0 Å². The third-order valence-electron chi connectivity index (χ3n) is 4.69. The van der Waals surface area contributed by atoms with Crippen LogP contribution < -0.4 is 14.8 Å². The van der Waals surface area contributed by atoms with E-state index in [9.17, 15) is 4.79 Å². The van der Waals surface area contributed by atoms with Crippen LogP contribution in [0.5, 0.6) is 11.5 Å². The van der Waals surface area contributed by atoms with Crippen molar-refractivity contribution in [1.82, 2.24) is 5.32 Å². The van der Waals surface area contributed by atoms with Crippen LogP contribution in [0, 0.1) is 0 Å². The van der Waals surface area contributed by atoms with E-state index in [1.165, 1.54) is 0 Å². The molecule has 1 amide bonds. The van der Waals surface area contributed by atoms with Gasteiger partial charge in [0.1, 0.15) is 11.5 Å². The Balaban J connectivity index is 1.70. The van der Waals surface area contributed by atoms with Crippen LogP contribution >= 0.6 is 0 Å². The predicted molar refractivity (Wildman–Crippen MR) is 111 cm³/mol. The topological polar surface area (TPSA) is 47.6 Å². The van der Waals surface area contributed by atoms with E-state index in [-0.39, 0.29) is 11.9 Å². The van der Waals surface area contributed by atoms with Crippen molar-refractivity contribution in [2.75, 3.05) is 14.2 Å². The first kappa shape index (κ1) is 19.5. The van der Waals surface area contributed by atoms with Gasteiger partial charge in [-0.05, 0) is 47.4 Å². The second-order valence-electron chi connectivity index (χ2n) is 6.53. The number of ether oxygens (including phenoxy) is 2. The summed E-state index contributed by atoms with van der Waals surface area (Å²) in [6.07, 6.45) is 1.10. The molecule has 3 aromatic carbocycles. The Morgan fingerprint density at radius 2 is 1.32 bits per heavy atom. The maximum Gasteiger partial charge on any atom is 0.221 e. The second-order valence-corrected chi connectivity index (χ2v) is 6.53. The monoisotopic (exact) mass is 375 g/mol. The van der Waals surface area contributed by atoms with E-state index in [4.69, 9.17) is 9.47 Å². The first-order valence-electron chi connectivity index (χ1n) is 9.31. The minimum absolute atomic E-state index is 0.0143. The summed E-state index contributed by atoms with van der Waals surface area (Å²) in [6, 6.07) is 25.4. The maximum atomic E-state index is 12.7. The first-order chi connectivity index (χ1) is 13.7. The molecule has 1 unspecified atom stereocenters. The van der Waals surface area contributed by atoms with Crippen molar-refractivity contribution < 1.29 is 14.3 Å². The minimum atomic E-state index is -0.199. The van der Waals surface area contributed by atoms with E-state index in [0.717, 1.165) is 28.2 Å². The van der Waals surface area contributed by atoms with Crippen LogP contribution in [0.15, 0.2) is 78.9 Å². The lowest BCUT2D eigenvalue weighted by Crippen LogP contribution is -2.29. The van der Waals surface area contributed by atoms with E-state index in [1.54, 1.807) is 14.2 Å². The number of carbonyl (C=O) groups is 1. The molecule has 144 valence electrons. The van der Waals surface area contributed by atoms with Gasteiger partial charge in [0, 0.05) is 6.42 Å². The average Bonchev–Trinajstić information content (AvgIpc) is 2.77. The van der Waals surface area contributed by atoms with E-state index in [2.05, 4.69) is 5.32 Å². The van der Waals surface area contributed by atoms with Crippen LogP contribution in [0.1, 0.15) is 29.2 Å². The molecule has 1 atom stereocenters. The molecule has 0 saturated carbocycles. The standard InChI is InChI=1S/C24H25NO3/c1-27-21-13-8-18(9-14-21)10-17-23(26)25-24(19-6-4-3-5-7-19)20-11-15-22(28-2)16-12-20/h3-9,11-16,24H,10,17H2,1-2H3,(H,25,26). The fraction of sp³-hybridized carbons (Fsp3) is 0.208. The molecule has 28 heavy (non-hydrogen) atoms. The number of carbonyl (C=O) groups excluding carboxylic acids is 1. The van der Waals surface area contributed by atoms with Gasteiger partial charge in [0.15, 0.2) is 0 Å². The highest BCUT2D eigenvalue weighted by molar-refractivity contribution is 5.77. The second kappa shape index (κ2) is 9.60. The molecule has 4 heteroatoms. The number of amides is 1. The van der Waals surface area contributed by atoms with Crippen LogP contribution in [-0.2, 0) is 11.2 Å². The Labute approximate surface area is 166 Å². The highest BCUT2D eigenvalue weighted by atomic mass is 16.5. The SMILES string of the molecule is COc1ccc(CCC(=O)NC(c2ccccc2)c2ccc(OC)cc2)cc1. The smallest absolute Gasteiger partial charge is 0.221 e. The van der Waals surface area contributed by atoms with Crippen molar-refractivity contribution in [3.8, 4) is 11.5 Å². The summed E-state index contributed by atoms with van der Waals surface area (Å²) in [5, 5.41) is 3.18. The number of hydrogen-bond donors (Lipinski definition) is 1. The summed E-state index contributed by atoms with van der Waals surface area (Å²) in [7, 11) is 3.29. The molecule has 0 saturated heterocycles. The molecule has 1 N–H and O–H groups in total. The summed E-state index contributed by atoms with van der Waals surface area (Å²) in [5.41, 5.74) is 3.17. The van der Waals surface area contributed by atoms with E-state index in [0.29, 0.717) is 12.8 Å². The fourth-order valence-corrected chi connectivity index (χ4v) is 3.08. The van der Waals surface area contributed by atoms with Crippen LogP contribution in [-0.4, -0.2) is 20.1 Å². The lowest BCUT2D eigenvalue weighted by molar-refractivity contribution is -0.121. The Kier molecular flexibility index (Phi) is 6.68. The summed E-state index contributed by atoms with van der Waals surface area (Å²) in [5.74, 6) is 1.62. The van der Waals surface area contributed by atoms with Gasteiger partial charge in [-0.1, -0.05) is 54.6 Å². The fourth-order valence-electron chi connectivity index (χ4n) is 3.08. The molecular weight excluding hydrogens is 350 g/mol. The number of methoxy groups -OCH3 is 2. The zero-order valence-corrected chi connectivity index (χ0v) is 16.2. The first-order valence-corrected chi connectivity index (χ1v) is 9.31. The highest BCUT2D eigenvalue weighted by Crippen LogP contribution is 2.24. The van der Waals surface area contributed by atoms with Crippen LogP contribution in [0.4, 0.5) is 0 Å². The third kappa shape index (κ3) is 5.13. The summed E-state index contributed by atoms with van der Waals surface area (Å²) in [4.78, 5) is 12.7. The van der Waals surface area contributed by atoms with Crippen molar-refractivity contribution >= 4 is 5.91 Å². The van der Waals surface area contributed by atoms with Gasteiger partial charge in [-0.25, -0.2) is 0 Å². The van der Waals surface area contributed by atoms with Crippen molar-refractivity contribution in [2.45, 2.75) is 18.9 Å².